The Labute approximate surface area is 193 Å². The van der Waals surface area contributed by atoms with Crippen molar-refractivity contribution in [2.75, 3.05) is 29.0 Å². The second-order valence-corrected chi connectivity index (χ2v) is 9.40. The first-order chi connectivity index (χ1) is 16.2. The number of aromatic amines is 1. The summed E-state index contributed by atoms with van der Waals surface area (Å²) >= 11 is 0. The molecular formula is C20H22N8O5S. The molecule has 13 nitrogen and oxygen atoms in total. The van der Waals surface area contributed by atoms with Gasteiger partial charge in [0.15, 0.2) is 5.65 Å². The van der Waals surface area contributed by atoms with E-state index in [1.807, 2.05) is 0 Å². The summed E-state index contributed by atoms with van der Waals surface area (Å²) in [6.45, 7) is -0.559. The van der Waals surface area contributed by atoms with E-state index in [1.54, 1.807) is 35.4 Å². The van der Waals surface area contributed by atoms with Crippen molar-refractivity contribution in [1.29, 1.82) is 0 Å². The van der Waals surface area contributed by atoms with Crippen LogP contribution in [-0.2, 0) is 16.6 Å². The van der Waals surface area contributed by atoms with Gasteiger partial charge in [0.05, 0.1) is 55.5 Å². The fourth-order valence-corrected chi connectivity index (χ4v) is 4.08. The second kappa shape index (κ2) is 9.54. The Morgan fingerprint density at radius 2 is 2.03 bits per heavy atom. The van der Waals surface area contributed by atoms with Gasteiger partial charge >= 0.3 is 0 Å². The van der Waals surface area contributed by atoms with E-state index in [2.05, 4.69) is 30.4 Å². The van der Waals surface area contributed by atoms with E-state index in [0.29, 0.717) is 17.9 Å². The van der Waals surface area contributed by atoms with E-state index in [0.717, 1.165) is 21.5 Å². The summed E-state index contributed by atoms with van der Waals surface area (Å²) in [6.07, 6.45) is 5.95. The highest BCUT2D eigenvalue weighted by molar-refractivity contribution is 7.92. The van der Waals surface area contributed by atoms with Crippen LogP contribution in [0.5, 0.6) is 0 Å². The molecule has 0 aliphatic carbocycles. The molecule has 0 saturated heterocycles. The van der Waals surface area contributed by atoms with Crippen molar-refractivity contribution in [2.24, 2.45) is 0 Å². The maximum atomic E-state index is 12.1. The number of aliphatic hydroxyl groups excluding tert-OH is 2. The predicted molar refractivity (Wildman–Crippen MR) is 124 cm³/mol. The number of sulfonamides is 1. The molecule has 4 heterocycles. The predicted octanol–water partition coefficient (Wildman–Crippen LogP) is -0.179. The van der Waals surface area contributed by atoms with E-state index in [9.17, 15) is 18.3 Å². The topological polar surface area (TPSA) is 179 Å². The third-order valence-corrected chi connectivity index (χ3v) is 5.93. The molecule has 0 saturated carbocycles. The van der Waals surface area contributed by atoms with Gasteiger partial charge in [-0.25, -0.2) is 23.1 Å². The standard InChI is InChI=1S/C20H22N8O5S/c1-34(32,33)28(11-16(30)12-29)17-3-2-15(9-22-17)25-20-23-7-14-8-24-27(19(14)26-20)10-13-4-5-21-18(31)6-13/h2-9,16,29-30H,10-12H2,1H3,(H,21,31)(H,23,25,26). The maximum absolute atomic E-state index is 12.1. The molecule has 0 bridgehead atoms. The third-order valence-electron chi connectivity index (χ3n) is 4.80. The van der Waals surface area contributed by atoms with Crippen LogP contribution >= 0.6 is 0 Å². The van der Waals surface area contributed by atoms with Gasteiger partial charge in [0.25, 0.3) is 0 Å². The monoisotopic (exact) mass is 486 g/mol. The van der Waals surface area contributed by atoms with Gasteiger partial charge in [-0.1, -0.05) is 0 Å². The quantitative estimate of drug-likeness (QED) is 0.248. The number of anilines is 3. The summed E-state index contributed by atoms with van der Waals surface area (Å²) in [5.41, 5.74) is 1.62. The molecule has 4 aromatic heterocycles. The van der Waals surface area contributed by atoms with Crippen LogP contribution in [0.25, 0.3) is 11.0 Å². The summed E-state index contributed by atoms with van der Waals surface area (Å²) in [6, 6.07) is 6.32. The average Bonchev–Trinajstić information content (AvgIpc) is 3.19. The minimum Gasteiger partial charge on any atom is -0.394 e. The number of H-pyrrole nitrogens is 1. The van der Waals surface area contributed by atoms with Gasteiger partial charge in [-0.15, -0.1) is 0 Å². The molecule has 4 N–H and O–H groups in total. The number of nitrogens with one attached hydrogen (secondary N) is 2. The van der Waals surface area contributed by atoms with Crippen LogP contribution in [0.15, 0.2) is 53.8 Å². The summed E-state index contributed by atoms with van der Waals surface area (Å²) in [5.74, 6) is 0.359. The number of rotatable bonds is 9. The van der Waals surface area contributed by atoms with Gasteiger partial charge in [-0.05, 0) is 23.8 Å². The van der Waals surface area contributed by atoms with Gasteiger partial charge in [0.2, 0.25) is 21.5 Å². The lowest BCUT2D eigenvalue weighted by molar-refractivity contribution is 0.102. The van der Waals surface area contributed by atoms with Gasteiger partial charge in [0, 0.05) is 18.5 Å². The summed E-state index contributed by atoms with van der Waals surface area (Å²) < 4.78 is 26.7. The van der Waals surface area contributed by atoms with E-state index < -0.39 is 22.7 Å². The molecule has 0 aliphatic rings. The van der Waals surface area contributed by atoms with Gasteiger partial charge in [0.1, 0.15) is 5.82 Å². The van der Waals surface area contributed by atoms with Crippen molar-refractivity contribution < 1.29 is 18.6 Å². The number of aliphatic hydroxyl groups is 2. The highest BCUT2D eigenvalue weighted by Crippen LogP contribution is 2.20. The van der Waals surface area contributed by atoms with Crippen LogP contribution in [-0.4, -0.2) is 73.9 Å². The number of hydrogen-bond donors (Lipinski definition) is 4. The maximum Gasteiger partial charge on any atom is 0.248 e. The Morgan fingerprint density at radius 3 is 2.71 bits per heavy atom. The molecule has 0 spiro atoms. The zero-order chi connectivity index (χ0) is 24.3. The van der Waals surface area contributed by atoms with Crippen LogP contribution in [0.3, 0.4) is 0 Å². The lowest BCUT2D eigenvalue weighted by Crippen LogP contribution is -2.38. The third kappa shape index (κ3) is 5.36. The smallest absolute Gasteiger partial charge is 0.248 e. The van der Waals surface area contributed by atoms with Gasteiger partial charge in [-0.2, -0.15) is 10.1 Å². The average molecular weight is 487 g/mol. The largest absolute Gasteiger partial charge is 0.394 e. The molecule has 0 aromatic carbocycles. The van der Waals surface area contributed by atoms with Crippen LogP contribution in [0, 0.1) is 0 Å². The van der Waals surface area contributed by atoms with Crippen molar-refractivity contribution in [3.05, 3.63) is 65.0 Å². The zero-order valence-electron chi connectivity index (χ0n) is 18.0. The summed E-state index contributed by atoms with van der Waals surface area (Å²) in [5, 5.41) is 26.7. The first-order valence-corrected chi connectivity index (χ1v) is 11.9. The molecule has 0 aliphatic heterocycles. The fraction of sp³-hybridized carbons (Fsp3) is 0.250. The first-order valence-electron chi connectivity index (χ1n) is 10.1. The normalized spacial score (nSPS) is 12.6. The van der Waals surface area contributed by atoms with Crippen molar-refractivity contribution in [1.82, 2.24) is 29.7 Å². The molecular weight excluding hydrogens is 464 g/mol. The van der Waals surface area contributed by atoms with Crippen molar-refractivity contribution in [3.8, 4) is 0 Å². The van der Waals surface area contributed by atoms with Gasteiger partial charge in [-0.3, -0.25) is 9.10 Å². The van der Waals surface area contributed by atoms with Crippen LogP contribution < -0.4 is 15.2 Å². The van der Waals surface area contributed by atoms with E-state index >= 15 is 0 Å². The molecule has 0 amide bonds. The number of hydrogen-bond acceptors (Lipinski definition) is 10. The number of nitrogens with zero attached hydrogens (tertiary/aromatic N) is 6. The molecule has 1 unspecified atom stereocenters. The number of pyridine rings is 2. The second-order valence-electron chi connectivity index (χ2n) is 7.50. The van der Waals surface area contributed by atoms with E-state index in [-0.39, 0.29) is 23.9 Å². The SMILES string of the molecule is CS(=O)(=O)N(CC(O)CO)c1ccc(Nc2ncc3cnn(Cc4cc[nH]c(=O)c4)c3n2)cn1. The van der Waals surface area contributed by atoms with Gasteiger partial charge < -0.3 is 20.5 Å². The molecule has 0 fully saturated rings. The Morgan fingerprint density at radius 1 is 1.21 bits per heavy atom. The van der Waals surface area contributed by atoms with Crippen molar-refractivity contribution >= 4 is 38.5 Å². The van der Waals surface area contributed by atoms with E-state index in [4.69, 9.17) is 5.11 Å². The van der Waals surface area contributed by atoms with Crippen LogP contribution in [0.4, 0.5) is 17.5 Å². The lowest BCUT2D eigenvalue weighted by Gasteiger charge is -2.23. The molecule has 4 aromatic rings. The Balaban J connectivity index is 1.55. The Hall–Kier alpha value is -3.88. The molecule has 4 rings (SSSR count). The first kappa shape index (κ1) is 23.3. The molecule has 34 heavy (non-hydrogen) atoms. The highest BCUT2D eigenvalue weighted by atomic mass is 32.2. The fourth-order valence-electron chi connectivity index (χ4n) is 3.19. The van der Waals surface area contributed by atoms with Crippen molar-refractivity contribution in [3.63, 3.8) is 0 Å². The Kier molecular flexibility index (Phi) is 6.54. The van der Waals surface area contributed by atoms with Crippen molar-refractivity contribution in [2.45, 2.75) is 12.6 Å². The zero-order valence-corrected chi connectivity index (χ0v) is 18.8. The van der Waals surface area contributed by atoms with E-state index in [1.165, 1.54) is 18.3 Å². The van der Waals surface area contributed by atoms with Crippen LogP contribution in [0.2, 0.25) is 0 Å². The number of aromatic nitrogens is 6. The Bertz CT molecular complexity index is 1450. The minimum atomic E-state index is -3.72. The van der Waals surface area contributed by atoms with Crippen LogP contribution in [0.1, 0.15) is 5.56 Å². The summed E-state index contributed by atoms with van der Waals surface area (Å²) in [7, 11) is -3.72. The highest BCUT2D eigenvalue weighted by Gasteiger charge is 2.22. The molecule has 178 valence electrons. The molecule has 1 atom stereocenters. The summed E-state index contributed by atoms with van der Waals surface area (Å²) in [4.78, 5) is 27.0. The molecule has 14 heteroatoms. The number of fused-ring (bicyclic) bond motifs is 1. The minimum absolute atomic E-state index is 0.0906. The molecule has 0 radical (unpaired) electrons. The lowest BCUT2D eigenvalue weighted by atomic mass is 10.3.